The lowest BCUT2D eigenvalue weighted by molar-refractivity contribution is -0.303. The molecule has 21 heavy (non-hydrogen) atoms. The smallest absolute Gasteiger partial charge is 0.121 e. The molecule has 2 aromatic carbocycles. The molecule has 1 N–H and O–H groups in total. The predicted octanol–water partition coefficient (Wildman–Crippen LogP) is 4.01. The summed E-state index contributed by atoms with van der Waals surface area (Å²) in [6, 6.07) is 12.1. The molecule has 0 radical (unpaired) electrons. The van der Waals surface area contributed by atoms with E-state index >= 15 is 0 Å². The molecule has 2 aromatic rings. The minimum atomic E-state index is 0.371. The van der Waals surface area contributed by atoms with Crippen LogP contribution in [-0.2, 0) is 22.8 Å². The van der Waals surface area contributed by atoms with Crippen LogP contribution in [0.25, 0.3) is 0 Å². The Morgan fingerprint density at radius 2 is 1.48 bits per heavy atom. The fourth-order valence-electron chi connectivity index (χ4n) is 2.20. The van der Waals surface area contributed by atoms with Crippen molar-refractivity contribution in [2.24, 2.45) is 0 Å². The van der Waals surface area contributed by atoms with Crippen molar-refractivity contribution in [3.8, 4) is 5.75 Å². The van der Waals surface area contributed by atoms with E-state index in [0.717, 1.165) is 28.7 Å². The molecule has 0 fully saturated rings. The highest BCUT2D eigenvalue weighted by atomic mass is 17.2. The summed E-state index contributed by atoms with van der Waals surface area (Å²) in [5.74, 6) is 0.371. The summed E-state index contributed by atoms with van der Waals surface area (Å²) >= 11 is 0. The normalized spacial score (nSPS) is 10.8. The van der Waals surface area contributed by atoms with Crippen LogP contribution in [0, 0.1) is 20.8 Å². The monoisotopic (exact) mass is 286 g/mol. The maximum absolute atomic E-state index is 9.73. The number of hydrogen-bond acceptors (Lipinski definition) is 3. The van der Waals surface area contributed by atoms with Gasteiger partial charge in [-0.05, 0) is 49.4 Å². The summed E-state index contributed by atoms with van der Waals surface area (Å²) < 4.78 is 0. The Hall–Kier alpha value is -1.84. The molecule has 0 unspecified atom stereocenters. The lowest BCUT2D eigenvalue weighted by Gasteiger charge is -2.08. The lowest BCUT2D eigenvalue weighted by atomic mass is 10.0. The SMILES string of the molecule is Cc1ccc(COOCCc2cc(C)c(O)c(C)c2)cc1. The van der Waals surface area contributed by atoms with E-state index in [1.165, 1.54) is 5.56 Å². The third-order valence-electron chi connectivity index (χ3n) is 3.45. The Morgan fingerprint density at radius 3 is 2.10 bits per heavy atom. The number of aromatic hydroxyl groups is 1. The molecule has 0 heterocycles. The van der Waals surface area contributed by atoms with E-state index in [4.69, 9.17) is 9.78 Å². The predicted molar refractivity (Wildman–Crippen MR) is 83.2 cm³/mol. The summed E-state index contributed by atoms with van der Waals surface area (Å²) in [7, 11) is 0. The maximum Gasteiger partial charge on any atom is 0.121 e. The quantitative estimate of drug-likeness (QED) is 0.495. The molecule has 112 valence electrons. The highest BCUT2D eigenvalue weighted by Crippen LogP contribution is 2.23. The second-order valence-electron chi connectivity index (χ2n) is 5.40. The Bertz CT molecular complexity index is 565. The van der Waals surface area contributed by atoms with E-state index in [0.29, 0.717) is 19.0 Å². The van der Waals surface area contributed by atoms with E-state index in [1.54, 1.807) is 0 Å². The fourth-order valence-corrected chi connectivity index (χ4v) is 2.20. The molecular weight excluding hydrogens is 264 g/mol. The largest absolute Gasteiger partial charge is 0.507 e. The van der Waals surface area contributed by atoms with Crippen molar-refractivity contribution in [2.45, 2.75) is 33.8 Å². The summed E-state index contributed by atoms with van der Waals surface area (Å²) in [4.78, 5) is 10.4. The number of rotatable bonds is 6. The van der Waals surface area contributed by atoms with Gasteiger partial charge in [-0.2, -0.15) is 0 Å². The Labute approximate surface area is 126 Å². The van der Waals surface area contributed by atoms with Crippen LogP contribution in [0.1, 0.15) is 27.8 Å². The van der Waals surface area contributed by atoms with E-state index in [-0.39, 0.29) is 0 Å². The van der Waals surface area contributed by atoms with Crippen LogP contribution < -0.4 is 0 Å². The maximum atomic E-state index is 9.73. The number of hydrogen-bond donors (Lipinski definition) is 1. The zero-order chi connectivity index (χ0) is 15.2. The number of phenolic OH excluding ortho intramolecular Hbond substituents is 1. The first-order valence-electron chi connectivity index (χ1n) is 7.15. The van der Waals surface area contributed by atoms with Crippen molar-refractivity contribution in [3.05, 3.63) is 64.2 Å². The molecule has 0 spiro atoms. The van der Waals surface area contributed by atoms with Crippen LogP contribution >= 0.6 is 0 Å². The topological polar surface area (TPSA) is 38.7 Å². The van der Waals surface area contributed by atoms with E-state index in [9.17, 15) is 5.11 Å². The minimum absolute atomic E-state index is 0.371. The van der Waals surface area contributed by atoms with Crippen molar-refractivity contribution < 1.29 is 14.9 Å². The molecule has 0 bridgehead atoms. The average molecular weight is 286 g/mol. The number of phenols is 1. The Kier molecular flexibility index (Phi) is 5.37. The highest BCUT2D eigenvalue weighted by molar-refractivity contribution is 5.42. The van der Waals surface area contributed by atoms with Gasteiger partial charge in [0.25, 0.3) is 0 Å². The summed E-state index contributed by atoms with van der Waals surface area (Å²) in [5, 5.41) is 9.73. The van der Waals surface area contributed by atoms with Gasteiger partial charge in [-0.3, -0.25) is 0 Å². The van der Waals surface area contributed by atoms with E-state index in [2.05, 4.69) is 19.1 Å². The molecule has 0 amide bonds. The van der Waals surface area contributed by atoms with Crippen molar-refractivity contribution in [3.63, 3.8) is 0 Å². The second kappa shape index (κ2) is 7.25. The van der Waals surface area contributed by atoms with Crippen molar-refractivity contribution in [1.29, 1.82) is 0 Å². The second-order valence-corrected chi connectivity index (χ2v) is 5.40. The molecule has 0 aromatic heterocycles. The van der Waals surface area contributed by atoms with Crippen LogP contribution in [0.3, 0.4) is 0 Å². The van der Waals surface area contributed by atoms with Crippen LogP contribution in [0.15, 0.2) is 36.4 Å². The molecular formula is C18H22O3. The van der Waals surface area contributed by atoms with Crippen LogP contribution in [0.2, 0.25) is 0 Å². The molecule has 0 aliphatic heterocycles. The summed E-state index contributed by atoms with van der Waals surface area (Å²) in [6.45, 7) is 6.81. The van der Waals surface area contributed by atoms with Gasteiger partial charge in [0.1, 0.15) is 12.4 Å². The van der Waals surface area contributed by atoms with Gasteiger partial charge in [0.05, 0.1) is 6.61 Å². The van der Waals surface area contributed by atoms with Gasteiger partial charge in [0, 0.05) is 0 Å². The van der Waals surface area contributed by atoms with Crippen molar-refractivity contribution >= 4 is 0 Å². The van der Waals surface area contributed by atoms with Crippen molar-refractivity contribution in [1.82, 2.24) is 0 Å². The fraction of sp³-hybridized carbons (Fsp3) is 0.333. The van der Waals surface area contributed by atoms with Crippen LogP contribution in [0.5, 0.6) is 5.75 Å². The zero-order valence-corrected chi connectivity index (χ0v) is 12.8. The number of aryl methyl sites for hydroxylation is 3. The van der Waals surface area contributed by atoms with Crippen LogP contribution in [-0.4, -0.2) is 11.7 Å². The third kappa shape index (κ3) is 4.59. The average Bonchev–Trinajstić information content (AvgIpc) is 2.46. The first-order chi connectivity index (χ1) is 10.1. The van der Waals surface area contributed by atoms with Gasteiger partial charge >= 0.3 is 0 Å². The van der Waals surface area contributed by atoms with Crippen molar-refractivity contribution in [2.75, 3.05) is 6.61 Å². The van der Waals surface area contributed by atoms with Gasteiger partial charge in [0.15, 0.2) is 0 Å². The Morgan fingerprint density at radius 1 is 0.857 bits per heavy atom. The van der Waals surface area contributed by atoms with Gasteiger partial charge in [-0.1, -0.05) is 42.0 Å². The third-order valence-corrected chi connectivity index (χ3v) is 3.45. The highest BCUT2D eigenvalue weighted by Gasteiger charge is 2.03. The molecule has 0 atom stereocenters. The first-order valence-corrected chi connectivity index (χ1v) is 7.15. The first kappa shape index (κ1) is 15.5. The molecule has 0 saturated heterocycles. The minimum Gasteiger partial charge on any atom is -0.507 e. The van der Waals surface area contributed by atoms with E-state index in [1.807, 2.05) is 38.1 Å². The summed E-state index contributed by atoms with van der Waals surface area (Å²) in [5.41, 5.74) is 5.26. The van der Waals surface area contributed by atoms with E-state index < -0.39 is 0 Å². The lowest BCUT2D eigenvalue weighted by Crippen LogP contribution is -2.01. The number of benzene rings is 2. The summed E-state index contributed by atoms with van der Waals surface area (Å²) in [6.07, 6.45) is 0.760. The van der Waals surface area contributed by atoms with Gasteiger partial charge in [-0.15, -0.1) is 0 Å². The van der Waals surface area contributed by atoms with Gasteiger partial charge < -0.3 is 5.11 Å². The van der Waals surface area contributed by atoms with Gasteiger partial charge in [-0.25, -0.2) is 9.78 Å². The molecule has 3 heteroatoms. The standard InChI is InChI=1S/C18H22O3/c1-13-4-6-16(7-5-13)12-21-20-9-8-17-10-14(2)18(19)15(3)11-17/h4-7,10-11,19H,8-9,12H2,1-3H3. The Balaban J connectivity index is 1.74. The molecule has 0 aliphatic carbocycles. The molecule has 0 saturated carbocycles. The van der Waals surface area contributed by atoms with Gasteiger partial charge in [0.2, 0.25) is 0 Å². The van der Waals surface area contributed by atoms with Crippen LogP contribution in [0.4, 0.5) is 0 Å². The molecule has 2 rings (SSSR count). The molecule has 3 nitrogen and oxygen atoms in total. The zero-order valence-electron chi connectivity index (χ0n) is 12.8. The molecule has 0 aliphatic rings.